The number of halogens is 2. The Morgan fingerprint density at radius 2 is 1.78 bits per heavy atom. The number of anilines is 1. The maximum atomic E-state index is 13.0. The third-order valence-corrected chi connectivity index (χ3v) is 7.36. The predicted octanol–water partition coefficient (Wildman–Crippen LogP) is 5.35. The highest BCUT2D eigenvalue weighted by molar-refractivity contribution is 9.13. The average Bonchev–Trinajstić information content (AvgIpc) is 3.16. The van der Waals surface area contributed by atoms with Gasteiger partial charge in [-0.15, -0.1) is 0 Å². The molecule has 3 aromatic carbocycles. The largest absolute Gasteiger partial charge is 0.490 e. The van der Waals surface area contributed by atoms with Gasteiger partial charge in [-0.3, -0.25) is 15.0 Å². The van der Waals surface area contributed by atoms with E-state index < -0.39 is 17.8 Å². The molecule has 0 bridgehead atoms. The van der Waals surface area contributed by atoms with E-state index in [0.717, 1.165) is 0 Å². The summed E-state index contributed by atoms with van der Waals surface area (Å²) in [4.78, 5) is 36.9. The van der Waals surface area contributed by atoms with E-state index in [2.05, 4.69) is 37.3 Å². The van der Waals surface area contributed by atoms with Crippen LogP contribution in [0, 0.1) is 0 Å². The Morgan fingerprint density at radius 1 is 1.03 bits per heavy atom. The minimum Gasteiger partial charge on any atom is -0.490 e. The van der Waals surface area contributed by atoms with Gasteiger partial charge in [0.25, 0.3) is 11.8 Å². The molecular formula is C26H20Br2N2O6. The van der Waals surface area contributed by atoms with Crippen LogP contribution >= 0.6 is 31.9 Å². The molecule has 0 radical (unpaired) electrons. The monoisotopic (exact) mass is 614 g/mol. The third-order valence-electron chi connectivity index (χ3n) is 5.22. The van der Waals surface area contributed by atoms with Crippen LogP contribution in [0.3, 0.4) is 0 Å². The molecule has 3 aromatic rings. The Morgan fingerprint density at radius 3 is 2.47 bits per heavy atom. The molecule has 184 valence electrons. The van der Waals surface area contributed by atoms with Crippen molar-refractivity contribution in [2.24, 2.45) is 0 Å². The summed E-state index contributed by atoms with van der Waals surface area (Å²) < 4.78 is 12.8. The van der Waals surface area contributed by atoms with Gasteiger partial charge in [0, 0.05) is 4.47 Å². The van der Waals surface area contributed by atoms with Crippen LogP contribution in [0.5, 0.6) is 11.5 Å². The van der Waals surface area contributed by atoms with Crippen LogP contribution in [0.4, 0.5) is 5.69 Å². The van der Waals surface area contributed by atoms with Crippen molar-refractivity contribution in [3.05, 3.63) is 91.9 Å². The third kappa shape index (κ3) is 5.29. The van der Waals surface area contributed by atoms with E-state index in [1.807, 2.05) is 13.0 Å². The van der Waals surface area contributed by atoms with E-state index in [0.29, 0.717) is 43.9 Å². The summed E-state index contributed by atoms with van der Waals surface area (Å²) in [5, 5.41) is 10.4. The second-order valence-electron chi connectivity index (χ2n) is 7.62. The lowest BCUT2D eigenvalue weighted by Crippen LogP contribution is -2.35. The molecule has 0 saturated carbocycles. The maximum absolute atomic E-state index is 13.0. The minimum absolute atomic E-state index is 0.0342. The van der Waals surface area contributed by atoms with Crippen molar-refractivity contribution in [3.8, 4) is 11.5 Å². The van der Waals surface area contributed by atoms with Gasteiger partial charge in [-0.1, -0.05) is 30.3 Å². The summed E-state index contributed by atoms with van der Waals surface area (Å²) in [5.41, 5.74) is 4.44. The highest BCUT2D eigenvalue weighted by atomic mass is 79.9. The topological polar surface area (TPSA) is 105 Å². The summed E-state index contributed by atoms with van der Waals surface area (Å²) in [7, 11) is 0. The average molecular weight is 616 g/mol. The fourth-order valence-electron chi connectivity index (χ4n) is 3.53. The molecule has 0 unspecified atom stereocenters. The smallest absolute Gasteiger partial charge is 0.335 e. The Kier molecular flexibility index (Phi) is 7.76. The van der Waals surface area contributed by atoms with E-state index in [1.165, 1.54) is 23.2 Å². The molecule has 1 aliphatic heterocycles. The highest BCUT2D eigenvalue weighted by Gasteiger charge is 2.34. The molecule has 36 heavy (non-hydrogen) atoms. The van der Waals surface area contributed by atoms with Gasteiger partial charge in [-0.05, 0) is 86.3 Å². The van der Waals surface area contributed by atoms with Gasteiger partial charge in [-0.25, -0.2) is 9.80 Å². The van der Waals surface area contributed by atoms with Gasteiger partial charge in [0.05, 0.1) is 22.3 Å². The number of aromatic carboxylic acids is 1. The lowest BCUT2D eigenvalue weighted by atomic mass is 10.1. The van der Waals surface area contributed by atoms with Gasteiger partial charge in [0.2, 0.25) is 0 Å². The molecule has 8 nitrogen and oxygen atoms in total. The highest BCUT2D eigenvalue weighted by Crippen LogP contribution is 2.44. The van der Waals surface area contributed by atoms with Crippen LogP contribution in [-0.2, 0) is 16.2 Å². The van der Waals surface area contributed by atoms with E-state index in [4.69, 9.17) is 9.47 Å². The first-order valence-corrected chi connectivity index (χ1v) is 12.4. The van der Waals surface area contributed by atoms with E-state index in [-0.39, 0.29) is 17.7 Å². The Bertz CT molecular complexity index is 1370. The summed E-state index contributed by atoms with van der Waals surface area (Å²) in [6, 6.07) is 16.9. The summed E-state index contributed by atoms with van der Waals surface area (Å²) >= 11 is 7.04. The first-order valence-electron chi connectivity index (χ1n) is 10.8. The maximum Gasteiger partial charge on any atom is 0.335 e. The number of carboxylic acids is 1. The number of carboxylic acid groups (broad SMARTS) is 1. The number of rotatable bonds is 8. The van der Waals surface area contributed by atoms with Crippen molar-refractivity contribution >= 4 is 61.4 Å². The van der Waals surface area contributed by atoms with Crippen LogP contribution in [-0.4, -0.2) is 29.5 Å². The van der Waals surface area contributed by atoms with Crippen LogP contribution in [0.2, 0.25) is 0 Å². The SMILES string of the molecule is CCOc1cc(/C=C2/C(=O)NN(c3ccccc3)C2=O)c(Br)c(Br)c1OCc1cccc(C(=O)O)c1. The summed E-state index contributed by atoms with van der Waals surface area (Å²) in [6.45, 7) is 2.26. The van der Waals surface area contributed by atoms with Crippen LogP contribution in [0.25, 0.3) is 6.08 Å². The number of carbonyl (C=O) groups is 3. The zero-order chi connectivity index (χ0) is 25.8. The number of amides is 2. The van der Waals surface area contributed by atoms with E-state index >= 15 is 0 Å². The van der Waals surface area contributed by atoms with Gasteiger partial charge in [-0.2, -0.15) is 0 Å². The number of ether oxygens (including phenoxy) is 2. The Labute approximate surface area is 223 Å². The molecule has 0 aliphatic carbocycles. The molecular weight excluding hydrogens is 596 g/mol. The molecule has 4 rings (SSSR count). The number of hydrazine groups is 1. The van der Waals surface area contributed by atoms with E-state index in [9.17, 15) is 19.5 Å². The number of nitrogens with zero attached hydrogens (tertiary/aromatic N) is 1. The number of hydrogen-bond donors (Lipinski definition) is 2. The quantitative estimate of drug-likeness (QED) is 0.261. The zero-order valence-corrected chi connectivity index (χ0v) is 22.1. The molecule has 0 atom stereocenters. The normalized spacial score (nSPS) is 14.2. The lowest BCUT2D eigenvalue weighted by Gasteiger charge is -2.17. The van der Waals surface area contributed by atoms with Crippen molar-refractivity contribution < 1.29 is 29.0 Å². The van der Waals surface area contributed by atoms with Gasteiger partial charge in [0.1, 0.15) is 12.2 Å². The van der Waals surface area contributed by atoms with Crippen molar-refractivity contribution in [2.45, 2.75) is 13.5 Å². The van der Waals surface area contributed by atoms with Gasteiger partial charge in [0.15, 0.2) is 11.5 Å². The van der Waals surface area contributed by atoms with Crippen molar-refractivity contribution in [3.63, 3.8) is 0 Å². The molecule has 0 aromatic heterocycles. The van der Waals surface area contributed by atoms with Crippen LogP contribution in [0.1, 0.15) is 28.4 Å². The first kappa shape index (κ1) is 25.5. The van der Waals surface area contributed by atoms with Crippen LogP contribution in [0.15, 0.2) is 75.2 Å². The Balaban J connectivity index is 1.65. The summed E-state index contributed by atoms with van der Waals surface area (Å²) in [6.07, 6.45) is 1.48. The number of benzene rings is 3. The lowest BCUT2D eigenvalue weighted by molar-refractivity contribution is -0.117. The minimum atomic E-state index is -1.02. The van der Waals surface area contributed by atoms with Crippen molar-refractivity contribution in [1.29, 1.82) is 0 Å². The summed E-state index contributed by atoms with van der Waals surface area (Å²) in [5.74, 6) is -1.25. The van der Waals surface area contributed by atoms with Gasteiger partial charge >= 0.3 is 5.97 Å². The molecule has 1 heterocycles. The molecule has 1 fully saturated rings. The van der Waals surface area contributed by atoms with E-state index in [1.54, 1.807) is 42.5 Å². The number of hydrogen-bond acceptors (Lipinski definition) is 5. The molecule has 1 saturated heterocycles. The molecule has 1 aliphatic rings. The van der Waals surface area contributed by atoms with Crippen molar-refractivity contribution in [1.82, 2.24) is 5.43 Å². The first-order chi connectivity index (χ1) is 17.3. The second-order valence-corrected chi connectivity index (χ2v) is 9.21. The molecule has 0 spiro atoms. The molecule has 10 heteroatoms. The number of nitrogens with one attached hydrogen (secondary N) is 1. The predicted molar refractivity (Wildman–Crippen MR) is 141 cm³/mol. The Hall–Kier alpha value is -3.63. The number of para-hydroxylation sites is 1. The molecule has 2 amide bonds. The number of carbonyl (C=O) groups excluding carboxylic acids is 2. The van der Waals surface area contributed by atoms with Crippen LogP contribution < -0.4 is 19.9 Å². The fourth-order valence-corrected chi connectivity index (χ4v) is 4.48. The zero-order valence-electron chi connectivity index (χ0n) is 19.0. The van der Waals surface area contributed by atoms with Gasteiger partial charge < -0.3 is 14.6 Å². The second kappa shape index (κ2) is 11.0. The molecule has 2 N–H and O–H groups in total. The fraction of sp³-hybridized carbons (Fsp3) is 0.115. The van der Waals surface area contributed by atoms with Crippen molar-refractivity contribution in [2.75, 3.05) is 11.6 Å². The standard InChI is InChI=1S/C26H20Br2N2O6/c1-2-35-20-13-17(12-19-24(31)29-30(25(19)32)18-9-4-3-5-10-18)21(27)22(28)23(20)36-14-15-7-6-8-16(11-15)26(33)34/h3-13H,2,14H2,1H3,(H,29,31)(H,33,34)/b19-12-.